The molecule has 0 aliphatic carbocycles. The fourth-order valence-corrected chi connectivity index (χ4v) is 1.60. The van der Waals surface area contributed by atoms with Crippen molar-refractivity contribution in [3.63, 3.8) is 0 Å². The van der Waals surface area contributed by atoms with Gasteiger partial charge in [-0.2, -0.15) is 0 Å². The molecule has 0 spiro atoms. The summed E-state index contributed by atoms with van der Waals surface area (Å²) in [5.74, 6) is 0.105. The quantitative estimate of drug-likeness (QED) is 0.822. The highest BCUT2D eigenvalue weighted by atomic mass is 19.1. The van der Waals surface area contributed by atoms with Gasteiger partial charge in [0.25, 0.3) is 0 Å². The Bertz CT molecular complexity index is 515. The summed E-state index contributed by atoms with van der Waals surface area (Å²) in [6.45, 7) is 9.69. The van der Waals surface area contributed by atoms with Gasteiger partial charge in [0, 0.05) is 10.4 Å². The first-order chi connectivity index (χ1) is 7.49. The molecule has 0 radical (unpaired) electrons. The second-order valence-corrected chi connectivity index (χ2v) is 3.95. The lowest BCUT2D eigenvalue weighted by molar-refractivity contribution is 0.608. The second-order valence-electron chi connectivity index (χ2n) is 3.95. The monoisotopic (exact) mass is 220 g/mol. The first-order valence-electron chi connectivity index (χ1n) is 5.24. The lowest BCUT2D eigenvalue weighted by atomic mass is 9.99. The minimum Gasteiger partial charge on any atom is -0.383 e. The molecule has 0 unspecified atom stereocenters. The molecule has 0 amide bonds. The van der Waals surface area contributed by atoms with Gasteiger partial charge in [0.15, 0.2) is 0 Å². The number of anilines is 1. The fraction of sp³-hybridized carbons (Fsp3) is 0.308. The molecule has 0 bridgehead atoms. The molecule has 2 nitrogen and oxygen atoms in total. The second kappa shape index (κ2) is 4.92. The number of aromatic nitrogens is 1. The summed E-state index contributed by atoms with van der Waals surface area (Å²) in [4.78, 5) is 3.74. The van der Waals surface area contributed by atoms with Crippen LogP contribution in [-0.4, -0.2) is 4.98 Å². The van der Waals surface area contributed by atoms with Crippen LogP contribution in [0.4, 0.5) is 10.2 Å². The van der Waals surface area contributed by atoms with E-state index in [1.807, 2.05) is 32.9 Å². The van der Waals surface area contributed by atoms with Gasteiger partial charge in [0.2, 0.25) is 0 Å². The van der Waals surface area contributed by atoms with Crippen LogP contribution in [0.2, 0.25) is 0 Å². The smallest absolute Gasteiger partial charge is 0.149 e. The van der Waals surface area contributed by atoms with Gasteiger partial charge in [-0.05, 0) is 18.4 Å². The fourth-order valence-electron chi connectivity index (χ4n) is 1.60. The standard InChI is InChI=1S/C13H17FN2/c1-5-6-10(8(2)3)12-9(4)13(15)16-7-11(12)14/h5-8H,4H2,1-3H3,(H2,15,16)/b6-5-,12-10-. The van der Waals surface area contributed by atoms with E-state index in [0.717, 1.165) is 11.8 Å². The average Bonchev–Trinajstić information content (AvgIpc) is 2.22. The Morgan fingerprint density at radius 3 is 2.69 bits per heavy atom. The van der Waals surface area contributed by atoms with E-state index in [2.05, 4.69) is 11.6 Å². The third-order valence-corrected chi connectivity index (χ3v) is 2.42. The van der Waals surface area contributed by atoms with E-state index < -0.39 is 0 Å². The molecule has 0 atom stereocenters. The third-order valence-electron chi connectivity index (χ3n) is 2.42. The molecular weight excluding hydrogens is 203 g/mol. The number of pyridine rings is 1. The summed E-state index contributed by atoms with van der Waals surface area (Å²) >= 11 is 0. The molecule has 1 heterocycles. The molecule has 1 aromatic rings. The van der Waals surface area contributed by atoms with E-state index in [-0.39, 0.29) is 17.6 Å². The molecule has 2 N–H and O–H groups in total. The Morgan fingerprint density at radius 2 is 2.19 bits per heavy atom. The zero-order valence-corrected chi connectivity index (χ0v) is 9.92. The zero-order valence-electron chi connectivity index (χ0n) is 9.92. The van der Waals surface area contributed by atoms with Crippen LogP contribution in [0.1, 0.15) is 20.8 Å². The molecule has 0 fully saturated rings. The van der Waals surface area contributed by atoms with E-state index >= 15 is 0 Å². The van der Waals surface area contributed by atoms with Gasteiger partial charge in [-0.3, -0.25) is 0 Å². The van der Waals surface area contributed by atoms with E-state index in [9.17, 15) is 4.39 Å². The topological polar surface area (TPSA) is 38.9 Å². The predicted molar refractivity (Wildman–Crippen MR) is 66.4 cm³/mol. The van der Waals surface area contributed by atoms with Crippen molar-refractivity contribution >= 4 is 18.0 Å². The Labute approximate surface area is 95.0 Å². The van der Waals surface area contributed by atoms with Gasteiger partial charge < -0.3 is 5.73 Å². The Hall–Kier alpha value is -1.64. The summed E-state index contributed by atoms with van der Waals surface area (Å²) in [5, 5.41) is 0.933. The van der Waals surface area contributed by atoms with Crippen molar-refractivity contribution in [3.05, 3.63) is 34.6 Å². The molecule has 0 aliphatic rings. The molecule has 0 saturated carbocycles. The number of hydrogen-bond acceptors (Lipinski definition) is 2. The van der Waals surface area contributed by atoms with E-state index in [1.165, 1.54) is 0 Å². The Kier molecular flexibility index (Phi) is 3.82. The highest BCUT2D eigenvalue weighted by Gasteiger charge is 2.07. The average molecular weight is 220 g/mol. The van der Waals surface area contributed by atoms with Crippen molar-refractivity contribution in [2.75, 3.05) is 5.73 Å². The maximum absolute atomic E-state index is 13.8. The van der Waals surface area contributed by atoms with Crippen LogP contribution >= 0.6 is 0 Å². The maximum atomic E-state index is 13.8. The highest BCUT2D eigenvalue weighted by Crippen LogP contribution is 2.10. The first kappa shape index (κ1) is 12.4. The molecule has 86 valence electrons. The number of halogens is 1. The molecule has 3 heteroatoms. The van der Waals surface area contributed by atoms with Crippen LogP contribution in [0.3, 0.4) is 0 Å². The van der Waals surface area contributed by atoms with E-state index in [1.54, 1.807) is 0 Å². The van der Waals surface area contributed by atoms with Crippen LogP contribution < -0.4 is 16.2 Å². The van der Waals surface area contributed by atoms with Crippen LogP contribution in [0.15, 0.2) is 18.3 Å². The van der Waals surface area contributed by atoms with Gasteiger partial charge in [-0.25, -0.2) is 9.37 Å². The van der Waals surface area contributed by atoms with E-state index in [0.29, 0.717) is 10.4 Å². The SMILES string of the molecule is C=c1c(N)ncc(F)/c1=C(/C=C\C)C(C)C. The predicted octanol–water partition coefficient (Wildman–Crippen LogP) is 1.60. The third kappa shape index (κ3) is 2.30. The summed E-state index contributed by atoms with van der Waals surface area (Å²) in [6.07, 6.45) is 4.91. The van der Waals surface area contributed by atoms with Crippen LogP contribution in [-0.2, 0) is 0 Å². The molecule has 0 aliphatic heterocycles. The lowest BCUT2D eigenvalue weighted by Crippen LogP contribution is -2.33. The lowest BCUT2D eigenvalue weighted by Gasteiger charge is -2.08. The molecule has 0 saturated heterocycles. The largest absolute Gasteiger partial charge is 0.383 e. The van der Waals surface area contributed by atoms with Crippen molar-refractivity contribution in [2.24, 2.45) is 5.92 Å². The Morgan fingerprint density at radius 1 is 1.56 bits per heavy atom. The molecule has 1 aromatic heterocycles. The number of nitrogens with two attached hydrogens (primary N) is 1. The van der Waals surface area contributed by atoms with Crippen molar-refractivity contribution in [1.29, 1.82) is 0 Å². The number of nitrogen functional groups attached to an aromatic ring is 1. The molecule has 1 rings (SSSR count). The maximum Gasteiger partial charge on any atom is 0.149 e. The normalized spacial score (nSPS) is 13.6. The zero-order chi connectivity index (χ0) is 12.3. The van der Waals surface area contributed by atoms with Crippen molar-refractivity contribution in [1.82, 2.24) is 4.98 Å². The van der Waals surface area contributed by atoms with Gasteiger partial charge in [-0.15, -0.1) is 0 Å². The van der Waals surface area contributed by atoms with E-state index in [4.69, 9.17) is 5.73 Å². The minimum absolute atomic E-state index is 0.202. The van der Waals surface area contributed by atoms with Crippen molar-refractivity contribution in [2.45, 2.75) is 20.8 Å². The molecule has 0 aromatic carbocycles. The van der Waals surface area contributed by atoms with Gasteiger partial charge in [-0.1, -0.05) is 32.6 Å². The van der Waals surface area contributed by atoms with Gasteiger partial charge in [0.1, 0.15) is 11.6 Å². The molecular formula is C13H17FN2. The minimum atomic E-state index is -0.374. The Balaban J connectivity index is 3.80. The number of hydrogen-bond donors (Lipinski definition) is 1. The summed E-state index contributed by atoms with van der Waals surface area (Å²) in [7, 11) is 0. The number of allylic oxidation sites excluding steroid dienone is 2. The number of nitrogens with zero attached hydrogens (tertiary/aromatic N) is 1. The van der Waals surface area contributed by atoms with Crippen LogP contribution in [0, 0.1) is 11.7 Å². The summed E-state index contributed by atoms with van der Waals surface area (Å²) in [5.41, 5.74) is 6.53. The first-order valence-corrected chi connectivity index (χ1v) is 5.24. The molecule has 16 heavy (non-hydrogen) atoms. The van der Waals surface area contributed by atoms with Crippen LogP contribution in [0.25, 0.3) is 12.2 Å². The van der Waals surface area contributed by atoms with Crippen molar-refractivity contribution in [3.8, 4) is 0 Å². The number of rotatable bonds is 2. The summed E-state index contributed by atoms with van der Waals surface area (Å²) in [6, 6.07) is 0. The highest BCUT2D eigenvalue weighted by molar-refractivity contribution is 5.59. The van der Waals surface area contributed by atoms with Gasteiger partial charge in [0.05, 0.1) is 6.20 Å². The van der Waals surface area contributed by atoms with Crippen molar-refractivity contribution < 1.29 is 4.39 Å². The van der Waals surface area contributed by atoms with Gasteiger partial charge >= 0.3 is 0 Å². The van der Waals surface area contributed by atoms with Crippen LogP contribution in [0.5, 0.6) is 0 Å². The summed E-state index contributed by atoms with van der Waals surface area (Å²) < 4.78 is 13.8.